The fourth-order valence-corrected chi connectivity index (χ4v) is 4.97. The molecule has 3 rings (SSSR count). The van der Waals surface area contributed by atoms with E-state index in [2.05, 4.69) is 5.32 Å². The number of ether oxygens (including phenoxy) is 2. The van der Waals surface area contributed by atoms with Crippen molar-refractivity contribution in [2.45, 2.75) is 36.9 Å². The van der Waals surface area contributed by atoms with E-state index in [0.717, 1.165) is 22.6 Å². The maximum absolute atomic E-state index is 12.3. The molecule has 0 aliphatic carbocycles. The van der Waals surface area contributed by atoms with Gasteiger partial charge in [-0.3, -0.25) is 4.79 Å². The van der Waals surface area contributed by atoms with Crippen molar-refractivity contribution in [3.8, 4) is 5.75 Å². The number of anilines is 1. The maximum Gasteiger partial charge on any atom is 0.307 e. The van der Waals surface area contributed by atoms with E-state index in [-0.39, 0.29) is 29.0 Å². The number of nitrogens with one attached hydrogen (secondary N) is 1. The summed E-state index contributed by atoms with van der Waals surface area (Å²) >= 11 is 13.5. The first-order chi connectivity index (χ1) is 13.4. The summed E-state index contributed by atoms with van der Waals surface area (Å²) in [7, 11) is 1.64. The second-order valence-corrected chi connectivity index (χ2v) is 8.93. The number of carbonyl (C=O) groups excluding carboxylic acids is 1. The molecule has 1 aliphatic heterocycles. The highest BCUT2D eigenvalue weighted by Crippen LogP contribution is 2.46. The van der Waals surface area contributed by atoms with Gasteiger partial charge in [0.1, 0.15) is 5.75 Å². The summed E-state index contributed by atoms with van der Waals surface area (Å²) in [5.41, 5.74) is 2.98. The van der Waals surface area contributed by atoms with Gasteiger partial charge in [-0.15, -0.1) is 11.8 Å². The fourth-order valence-electron chi connectivity index (χ4n) is 3.04. The quantitative estimate of drug-likeness (QED) is 0.484. The number of halogens is 1. The molecule has 0 radical (unpaired) electrons. The Morgan fingerprint density at radius 3 is 2.79 bits per heavy atom. The lowest BCUT2D eigenvalue weighted by molar-refractivity contribution is -0.147. The van der Waals surface area contributed by atoms with Crippen molar-refractivity contribution >= 4 is 52.2 Å². The van der Waals surface area contributed by atoms with Crippen LogP contribution in [0.5, 0.6) is 5.75 Å². The van der Waals surface area contributed by atoms with E-state index in [4.69, 9.17) is 33.3 Å². The van der Waals surface area contributed by atoms with Crippen LogP contribution in [0.2, 0.25) is 5.02 Å². The summed E-state index contributed by atoms with van der Waals surface area (Å²) in [6.07, 6.45) is 0.0478. The number of esters is 1. The van der Waals surface area contributed by atoms with Crippen LogP contribution in [0.3, 0.4) is 0 Å². The molecule has 1 heterocycles. The molecular weight excluding hydrogens is 414 g/mol. The number of hydrogen-bond acceptors (Lipinski definition) is 5. The molecule has 0 saturated carbocycles. The molecule has 0 amide bonds. The van der Waals surface area contributed by atoms with Gasteiger partial charge in [0, 0.05) is 10.7 Å². The molecule has 0 unspecified atom stereocenters. The minimum absolute atomic E-state index is 0.0615. The van der Waals surface area contributed by atoms with Gasteiger partial charge in [-0.25, -0.2) is 0 Å². The zero-order valence-electron chi connectivity index (χ0n) is 15.9. The molecule has 28 heavy (non-hydrogen) atoms. The van der Waals surface area contributed by atoms with E-state index >= 15 is 0 Å². The van der Waals surface area contributed by atoms with Crippen LogP contribution in [0.1, 0.15) is 36.6 Å². The molecule has 0 saturated heterocycles. The number of fused-ring (bicyclic) bond motifs is 1. The summed E-state index contributed by atoms with van der Waals surface area (Å²) in [6.45, 7) is 3.68. The Kier molecular flexibility index (Phi) is 6.86. The number of thioether (sulfide) groups is 1. The van der Waals surface area contributed by atoms with Gasteiger partial charge in [-0.05, 0) is 55.3 Å². The van der Waals surface area contributed by atoms with E-state index in [9.17, 15) is 4.79 Å². The molecule has 148 valence electrons. The molecular formula is C21H22ClNO3S2. The monoisotopic (exact) mass is 435 g/mol. The summed E-state index contributed by atoms with van der Waals surface area (Å²) in [5, 5.41) is 3.67. The molecule has 7 heteroatoms. The highest BCUT2D eigenvalue weighted by atomic mass is 35.5. The first-order valence-electron chi connectivity index (χ1n) is 8.96. The number of methoxy groups -OCH3 is 1. The van der Waals surface area contributed by atoms with Crippen LogP contribution >= 0.6 is 35.6 Å². The zero-order valence-corrected chi connectivity index (χ0v) is 18.3. The second-order valence-electron chi connectivity index (χ2n) is 6.74. The van der Waals surface area contributed by atoms with Gasteiger partial charge in [0.05, 0.1) is 35.1 Å². The lowest BCUT2D eigenvalue weighted by Crippen LogP contribution is -2.26. The van der Waals surface area contributed by atoms with Crippen molar-refractivity contribution in [2.24, 2.45) is 0 Å². The third-order valence-corrected chi connectivity index (χ3v) is 6.56. The molecule has 2 aromatic carbocycles. The average Bonchev–Trinajstić information content (AvgIpc) is 2.78. The summed E-state index contributed by atoms with van der Waals surface area (Å²) in [4.78, 5) is 12.9. The third-order valence-electron chi connectivity index (χ3n) is 4.26. The van der Waals surface area contributed by atoms with Crippen LogP contribution < -0.4 is 10.1 Å². The zero-order chi connectivity index (χ0) is 20.3. The van der Waals surface area contributed by atoms with Gasteiger partial charge < -0.3 is 14.8 Å². The van der Waals surface area contributed by atoms with Crippen molar-refractivity contribution in [2.75, 3.05) is 12.4 Å². The smallest absolute Gasteiger partial charge is 0.307 e. The van der Waals surface area contributed by atoms with E-state index in [1.807, 2.05) is 56.3 Å². The minimum atomic E-state index is -0.259. The predicted molar refractivity (Wildman–Crippen MR) is 120 cm³/mol. The number of hydrogen-bond donors (Lipinski definition) is 1. The average molecular weight is 436 g/mol. The van der Waals surface area contributed by atoms with Gasteiger partial charge in [-0.2, -0.15) is 0 Å². The van der Waals surface area contributed by atoms with E-state index < -0.39 is 0 Å². The SMILES string of the molecule is COc1cccc([C@@H]2S[C@@H](CC(=O)OC(C)C)C(=S)Nc3ccc(Cl)cc32)c1. The molecule has 0 spiro atoms. The highest BCUT2D eigenvalue weighted by Gasteiger charge is 2.31. The fraction of sp³-hybridized carbons (Fsp3) is 0.333. The number of rotatable bonds is 5. The van der Waals surface area contributed by atoms with Crippen LogP contribution in [-0.4, -0.2) is 29.4 Å². The topological polar surface area (TPSA) is 47.6 Å². The summed E-state index contributed by atoms with van der Waals surface area (Å²) < 4.78 is 10.7. The lowest BCUT2D eigenvalue weighted by atomic mass is 10.0. The molecule has 2 aromatic rings. The Morgan fingerprint density at radius 2 is 2.07 bits per heavy atom. The van der Waals surface area contributed by atoms with E-state index in [1.54, 1.807) is 18.9 Å². The summed E-state index contributed by atoms with van der Waals surface area (Å²) in [6, 6.07) is 13.6. The first-order valence-corrected chi connectivity index (χ1v) is 10.7. The first kappa shape index (κ1) is 21.0. The predicted octanol–water partition coefficient (Wildman–Crippen LogP) is 5.63. The molecule has 1 aliphatic rings. The van der Waals surface area contributed by atoms with Crippen molar-refractivity contribution in [3.05, 3.63) is 58.6 Å². The Morgan fingerprint density at radius 1 is 1.29 bits per heavy atom. The molecule has 0 bridgehead atoms. The Hall–Kier alpha value is -1.76. The van der Waals surface area contributed by atoms with Gasteiger partial charge >= 0.3 is 5.97 Å². The molecule has 2 atom stereocenters. The van der Waals surface area contributed by atoms with Crippen LogP contribution in [0.15, 0.2) is 42.5 Å². The van der Waals surface area contributed by atoms with Gasteiger partial charge in [0.25, 0.3) is 0 Å². The van der Waals surface area contributed by atoms with Gasteiger partial charge in [0.2, 0.25) is 0 Å². The minimum Gasteiger partial charge on any atom is -0.497 e. The highest BCUT2D eigenvalue weighted by molar-refractivity contribution is 8.02. The molecule has 0 fully saturated rings. The van der Waals surface area contributed by atoms with Crippen LogP contribution in [0.25, 0.3) is 0 Å². The third kappa shape index (κ3) is 4.99. The Balaban J connectivity index is 1.99. The molecule has 1 N–H and O–H groups in total. The standard InChI is InChI=1S/C21H22ClNO3S2/c1-12(2)26-19(24)11-18-21(27)23-17-8-7-14(22)10-16(17)20(28-18)13-5-4-6-15(9-13)25-3/h4-10,12,18,20H,11H2,1-3H3,(H,23,27)/t18-,20-/m0/s1. The largest absolute Gasteiger partial charge is 0.497 e. The van der Waals surface area contributed by atoms with Crippen molar-refractivity contribution in [1.29, 1.82) is 0 Å². The van der Waals surface area contributed by atoms with Gasteiger partial charge in [-0.1, -0.05) is 36.0 Å². The molecule has 4 nitrogen and oxygen atoms in total. The van der Waals surface area contributed by atoms with E-state index in [1.165, 1.54) is 0 Å². The molecule has 0 aromatic heterocycles. The lowest BCUT2D eigenvalue weighted by Gasteiger charge is -2.21. The van der Waals surface area contributed by atoms with Crippen molar-refractivity contribution < 1.29 is 14.3 Å². The summed E-state index contributed by atoms with van der Waals surface area (Å²) in [5.74, 6) is 0.516. The van der Waals surface area contributed by atoms with Crippen LogP contribution in [0.4, 0.5) is 5.69 Å². The normalized spacial score (nSPS) is 18.8. The van der Waals surface area contributed by atoms with Crippen molar-refractivity contribution in [1.82, 2.24) is 0 Å². The number of thiocarbonyl (C=S) groups is 1. The van der Waals surface area contributed by atoms with Gasteiger partial charge in [0.15, 0.2) is 0 Å². The number of carbonyl (C=O) groups is 1. The second kappa shape index (κ2) is 9.16. The Bertz CT molecular complexity index is 888. The van der Waals surface area contributed by atoms with Crippen LogP contribution in [-0.2, 0) is 9.53 Å². The van der Waals surface area contributed by atoms with Crippen molar-refractivity contribution in [3.63, 3.8) is 0 Å². The number of benzene rings is 2. The van der Waals surface area contributed by atoms with Crippen LogP contribution in [0, 0.1) is 0 Å². The Labute approximate surface area is 179 Å². The maximum atomic E-state index is 12.3. The van der Waals surface area contributed by atoms with E-state index in [0.29, 0.717) is 10.0 Å².